The van der Waals surface area contributed by atoms with Crippen molar-refractivity contribution in [2.45, 2.75) is 26.2 Å². The fourth-order valence-corrected chi connectivity index (χ4v) is 2.64. The Hall–Kier alpha value is -3.61. The van der Waals surface area contributed by atoms with Crippen molar-refractivity contribution in [3.63, 3.8) is 0 Å². The molecule has 0 aliphatic carbocycles. The Balaban J connectivity index is 1.55. The summed E-state index contributed by atoms with van der Waals surface area (Å²) in [5.74, 6) is 0.601. The smallest absolute Gasteiger partial charge is 0.289 e. The van der Waals surface area contributed by atoms with Gasteiger partial charge in [0.2, 0.25) is 0 Å². The molecule has 0 saturated carbocycles. The first-order chi connectivity index (χ1) is 14.2. The van der Waals surface area contributed by atoms with Crippen LogP contribution in [0.1, 0.15) is 42.2 Å². The number of aromatic nitrogens is 2. The largest absolute Gasteiger partial charge is 0.508 e. The van der Waals surface area contributed by atoms with Crippen LogP contribution in [0.4, 0.5) is 0 Å². The van der Waals surface area contributed by atoms with E-state index in [1.807, 2.05) is 24.3 Å². The van der Waals surface area contributed by atoms with Gasteiger partial charge in [0.25, 0.3) is 5.91 Å². The van der Waals surface area contributed by atoms with E-state index in [0.29, 0.717) is 18.0 Å². The van der Waals surface area contributed by atoms with E-state index in [-0.39, 0.29) is 5.75 Å². The maximum atomic E-state index is 12.2. The Kier molecular flexibility index (Phi) is 7.00. The van der Waals surface area contributed by atoms with Gasteiger partial charge in [-0.1, -0.05) is 19.8 Å². The highest BCUT2D eigenvalue weighted by Crippen LogP contribution is 2.21. The summed E-state index contributed by atoms with van der Waals surface area (Å²) in [4.78, 5) is 12.2. The summed E-state index contributed by atoms with van der Waals surface area (Å²) < 4.78 is 5.71. The van der Waals surface area contributed by atoms with Crippen LogP contribution < -0.4 is 10.2 Å². The number of benzene rings is 2. The Morgan fingerprint density at radius 1 is 1.17 bits per heavy atom. The van der Waals surface area contributed by atoms with Crippen molar-refractivity contribution in [3.8, 4) is 22.8 Å². The van der Waals surface area contributed by atoms with Crippen molar-refractivity contribution in [2.75, 3.05) is 6.61 Å². The minimum atomic E-state index is -0.394. The molecule has 0 fully saturated rings. The molecule has 150 valence electrons. The number of carbonyl (C=O) groups is 1. The molecule has 3 rings (SSSR count). The van der Waals surface area contributed by atoms with E-state index in [0.717, 1.165) is 29.7 Å². The van der Waals surface area contributed by atoms with Gasteiger partial charge in [-0.2, -0.15) is 10.2 Å². The van der Waals surface area contributed by atoms with Gasteiger partial charge in [0.05, 0.1) is 18.5 Å². The van der Waals surface area contributed by atoms with Crippen LogP contribution in [0, 0.1) is 0 Å². The first kappa shape index (κ1) is 20.1. The van der Waals surface area contributed by atoms with Crippen LogP contribution in [-0.2, 0) is 0 Å². The zero-order valence-electron chi connectivity index (χ0n) is 16.3. The number of unbranched alkanes of at least 4 members (excludes halogenated alkanes) is 2. The number of nitrogens with zero attached hydrogens (tertiary/aromatic N) is 2. The Morgan fingerprint density at radius 3 is 2.66 bits per heavy atom. The lowest BCUT2D eigenvalue weighted by Crippen LogP contribution is -2.17. The van der Waals surface area contributed by atoms with Gasteiger partial charge >= 0.3 is 0 Å². The highest BCUT2D eigenvalue weighted by molar-refractivity contribution is 5.94. The van der Waals surface area contributed by atoms with Crippen LogP contribution in [0.15, 0.2) is 59.7 Å². The fourth-order valence-electron chi connectivity index (χ4n) is 2.64. The molecule has 7 heteroatoms. The van der Waals surface area contributed by atoms with E-state index >= 15 is 0 Å². The summed E-state index contributed by atoms with van der Waals surface area (Å²) in [6.45, 7) is 2.87. The normalized spacial score (nSPS) is 10.9. The van der Waals surface area contributed by atoms with Crippen LogP contribution in [0.2, 0.25) is 0 Å². The number of H-pyrrole nitrogens is 1. The van der Waals surface area contributed by atoms with E-state index in [2.05, 4.69) is 27.6 Å². The predicted octanol–water partition coefficient (Wildman–Crippen LogP) is 4.12. The van der Waals surface area contributed by atoms with E-state index in [9.17, 15) is 9.90 Å². The van der Waals surface area contributed by atoms with Gasteiger partial charge < -0.3 is 9.84 Å². The summed E-state index contributed by atoms with van der Waals surface area (Å²) in [6, 6.07) is 15.8. The quantitative estimate of drug-likeness (QED) is 0.290. The summed E-state index contributed by atoms with van der Waals surface area (Å²) in [5, 5.41) is 20.1. The number of amides is 1. The number of aromatic hydroxyl groups is 1. The van der Waals surface area contributed by atoms with Gasteiger partial charge in [-0.15, -0.1) is 0 Å². The molecule has 1 aromatic heterocycles. The summed E-state index contributed by atoms with van der Waals surface area (Å²) in [6.07, 6.45) is 4.87. The molecule has 2 aromatic carbocycles. The number of ether oxygens (including phenoxy) is 1. The second-order valence-electron chi connectivity index (χ2n) is 6.54. The average molecular weight is 392 g/mol. The topological polar surface area (TPSA) is 99.6 Å². The highest BCUT2D eigenvalue weighted by Gasteiger charge is 2.10. The molecule has 0 unspecified atom stereocenters. The van der Waals surface area contributed by atoms with Crippen molar-refractivity contribution < 1.29 is 14.6 Å². The Bertz CT molecular complexity index is 947. The van der Waals surface area contributed by atoms with Gasteiger partial charge in [-0.05, 0) is 66.6 Å². The molecule has 0 radical (unpaired) electrons. The lowest BCUT2D eigenvalue weighted by Gasteiger charge is -2.06. The van der Waals surface area contributed by atoms with Crippen molar-refractivity contribution in [3.05, 3.63) is 65.9 Å². The molecular formula is C22H24N4O3. The third-order valence-electron chi connectivity index (χ3n) is 4.26. The van der Waals surface area contributed by atoms with E-state index in [1.165, 1.54) is 12.6 Å². The number of hydrogen-bond acceptors (Lipinski definition) is 5. The SMILES string of the molecule is CCCCCOc1ccc(-c2cc(C(=O)NN=Cc3ccc(O)cc3)[nH]n2)cc1. The van der Waals surface area contributed by atoms with Gasteiger partial charge in [-0.25, -0.2) is 5.43 Å². The molecule has 29 heavy (non-hydrogen) atoms. The third kappa shape index (κ3) is 5.93. The molecular weight excluding hydrogens is 368 g/mol. The lowest BCUT2D eigenvalue weighted by atomic mass is 10.1. The van der Waals surface area contributed by atoms with Crippen LogP contribution in [0.5, 0.6) is 11.5 Å². The van der Waals surface area contributed by atoms with Crippen LogP contribution >= 0.6 is 0 Å². The molecule has 0 atom stereocenters. The molecule has 0 saturated heterocycles. The summed E-state index contributed by atoms with van der Waals surface area (Å²) in [5.41, 5.74) is 5.05. The number of rotatable bonds is 9. The van der Waals surface area contributed by atoms with Crippen LogP contribution in [0.25, 0.3) is 11.3 Å². The third-order valence-corrected chi connectivity index (χ3v) is 4.26. The second kappa shape index (κ2) is 10.1. The van der Waals surface area contributed by atoms with Crippen LogP contribution in [-0.4, -0.2) is 34.0 Å². The molecule has 0 aliphatic heterocycles. The lowest BCUT2D eigenvalue weighted by molar-refractivity contribution is 0.0950. The number of nitrogens with one attached hydrogen (secondary N) is 2. The van der Waals surface area contributed by atoms with Crippen molar-refractivity contribution in [1.29, 1.82) is 0 Å². The first-order valence-corrected chi connectivity index (χ1v) is 9.57. The van der Waals surface area contributed by atoms with E-state index < -0.39 is 5.91 Å². The highest BCUT2D eigenvalue weighted by atomic mass is 16.5. The minimum absolute atomic E-state index is 0.173. The number of aromatic amines is 1. The molecule has 0 bridgehead atoms. The zero-order chi connectivity index (χ0) is 20.5. The molecule has 0 spiro atoms. The molecule has 3 N–H and O–H groups in total. The van der Waals surface area contributed by atoms with Crippen molar-refractivity contribution in [2.24, 2.45) is 5.10 Å². The van der Waals surface area contributed by atoms with Crippen molar-refractivity contribution >= 4 is 12.1 Å². The number of hydrogen-bond donors (Lipinski definition) is 3. The molecule has 1 heterocycles. The minimum Gasteiger partial charge on any atom is -0.508 e. The first-order valence-electron chi connectivity index (χ1n) is 9.57. The van der Waals surface area contributed by atoms with Crippen molar-refractivity contribution in [1.82, 2.24) is 15.6 Å². The molecule has 1 amide bonds. The standard InChI is InChI=1S/C22H24N4O3/c1-2-3-4-13-29-19-11-7-17(8-12-19)20-14-21(25-24-20)22(28)26-23-15-16-5-9-18(27)10-6-16/h5-12,14-15,27H,2-4,13H2,1H3,(H,24,25)(H,26,28). The zero-order valence-corrected chi connectivity index (χ0v) is 16.3. The molecule has 0 aliphatic rings. The molecule has 7 nitrogen and oxygen atoms in total. The Morgan fingerprint density at radius 2 is 1.93 bits per heavy atom. The van der Waals surface area contributed by atoms with E-state index in [4.69, 9.17) is 4.74 Å². The summed E-state index contributed by atoms with van der Waals surface area (Å²) >= 11 is 0. The fraction of sp³-hybridized carbons (Fsp3) is 0.227. The van der Waals surface area contributed by atoms with Gasteiger partial charge in [0.1, 0.15) is 17.2 Å². The Labute approximate surface area is 169 Å². The number of carbonyl (C=O) groups excluding carboxylic acids is 1. The number of phenols is 1. The van der Waals surface area contributed by atoms with E-state index in [1.54, 1.807) is 30.3 Å². The second-order valence-corrected chi connectivity index (χ2v) is 6.54. The summed E-state index contributed by atoms with van der Waals surface area (Å²) in [7, 11) is 0. The number of hydrazone groups is 1. The number of phenolic OH excluding ortho intramolecular Hbond substituents is 1. The monoisotopic (exact) mass is 392 g/mol. The molecule has 3 aromatic rings. The van der Waals surface area contributed by atoms with Gasteiger partial charge in [0, 0.05) is 5.56 Å². The predicted molar refractivity (Wildman–Crippen MR) is 112 cm³/mol. The van der Waals surface area contributed by atoms with Gasteiger partial charge in [-0.3, -0.25) is 9.89 Å². The average Bonchev–Trinajstić information content (AvgIpc) is 3.23. The van der Waals surface area contributed by atoms with Gasteiger partial charge in [0.15, 0.2) is 0 Å². The maximum absolute atomic E-state index is 12.2. The van der Waals surface area contributed by atoms with Crippen LogP contribution in [0.3, 0.4) is 0 Å². The maximum Gasteiger partial charge on any atom is 0.289 e.